The van der Waals surface area contributed by atoms with Gasteiger partial charge in [0.25, 0.3) is 5.91 Å². The van der Waals surface area contributed by atoms with E-state index < -0.39 is 0 Å². The minimum atomic E-state index is -0.0768. The van der Waals surface area contributed by atoms with Gasteiger partial charge >= 0.3 is 0 Å². The molecule has 0 aliphatic carbocycles. The van der Waals surface area contributed by atoms with Crippen LogP contribution in [0.15, 0.2) is 28.7 Å². The Morgan fingerprint density at radius 2 is 2.07 bits per heavy atom. The van der Waals surface area contributed by atoms with Crippen LogP contribution in [0, 0.1) is 0 Å². The molecule has 0 unspecified atom stereocenters. The summed E-state index contributed by atoms with van der Waals surface area (Å²) < 4.78 is 5.90. The molecule has 1 rings (SSSR count). The van der Waals surface area contributed by atoms with Crippen LogP contribution in [0.25, 0.3) is 0 Å². The maximum Gasteiger partial charge on any atom is 0.251 e. The van der Waals surface area contributed by atoms with Gasteiger partial charge in [0, 0.05) is 23.2 Å². The Kier molecular flexibility index (Phi) is 4.78. The maximum absolute atomic E-state index is 11.7. The van der Waals surface area contributed by atoms with Crippen molar-refractivity contribution in [2.75, 3.05) is 13.7 Å². The van der Waals surface area contributed by atoms with Crippen molar-refractivity contribution in [3.63, 3.8) is 0 Å². The number of amides is 1. The van der Waals surface area contributed by atoms with Gasteiger partial charge in [0.05, 0.1) is 6.61 Å². The van der Waals surface area contributed by atoms with E-state index in [1.807, 2.05) is 19.1 Å². The number of carbonyl (C=O) groups excluding carboxylic acids is 1. The molecule has 1 aromatic carbocycles. The van der Waals surface area contributed by atoms with Gasteiger partial charge in [-0.25, -0.2) is 0 Å². The molecule has 0 fully saturated rings. The maximum atomic E-state index is 11.7. The summed E-state index contributed by atoms with van der Waals surface area (Å²) in [6, 6.07) is 7.26. The molecular formula is C11H14BrNO2. The summed E-state index contributed by atoms with van der Waals surface area (Å²) in [5.41, 5.74) is 0.654. The predicted molar refractivity (Wildman–Crippen MR) is 62.9 cm³/mol. The van der Waals surface area contributed by atoms with Crippen molar-refractivity contribution < 1.29 is 9.53 Å². The van der Waals surface area contributed by atoms with Gasteiger partial charge in [-0.2, -0.15) is 0 Å². The highest BCUT2D eigenvalue weighted by Gasteiger charge is 2.08. The summed E-state index contributed by atoms with van der Waals surface area (Å²) in [5, 5.41) is 2.84. The third kappa shape index (κ3) is 4.01. The van der Waals surface area contributed by atoms with Crippen molar-refractivity contribution in [2.45, 2.75) is 13.0 Å². The van der Waals surface area contributed by atoms with Crippen LogP contribution in [0.3, 0.4) is 0 Å². The quantitative estimate of drug-likeness (QED) is 0.912. The molecule has 0 spiro atoms. The third-order valence-corrected chi connectivity index (χ3v) is 2.43. The Hall–Kier alpha value is -0.870. The fraction of sp³-hybridized carbons (Fsp3) is 0.364. The highest BCUT2D eigenvalue weighted by molar-refractivity contribution is 9.10. The van der Waals surface area contributed by atoms with Gasteiger partial charge in [-0.3, -0.25) is 4.79 Å². The standard InChI is InChI=1S/C11H14BrNO2/c1-8(7-15-2)13-11(14)9-3-5-10(12)6-4-9/h3-6,8H,7H2,1-2H3,(H,13,14)/t8-/m0/s1. The summed E-state index contributed by atoms with van der Waals surface area (Å²) in [4.78, 5) is 11.7. The predicted octanol–water partition coefficient (Wildman–Crippen LogP) is 2.21. The van der Waals surface area contributed by atoms with E-state index in [1.165, 1.54) is 0 Å². The van der Waals surface area contributed by atoms with Gasteiger partial charge in [-0.05, 0) is 31.2 Å². The van der Waals surface area contributed by atoms with Crippen LogP contribution in [-0.4, -0.2) is 25.7 Å². The van der Waals surface area contributed by atoms with Gasteiger partial charge in [0.2, 0.25) is 0 Å². The lowest BCUT2D eigenvalue weighted by Crippen LogP contribution is -2.35. The van der Waals surface area contributed by atoms with Crippen LogP contribution in [0.4, 0.5) is 0 Å². The van der Waals surface area contributed by atoms with Crippen molar-refractivity contribution in [3.8, 4) is 0 Å². The monoisotopic (exact) mass is 271 g/mol. The second-order valence-corrected chi connectivity index (χ2v) is 4.25. The molecular weight excluding hydrogens is 258 g/mol. The van der Waals surface area contributed by atoms with E-state index in [-0.39, 0.29) is 11.9 Å². The summed E-state index contributed by atoms with van der Waals surface area (Å²) in [5.74, 6) is -0.0768. The molecule has 1 amide bonds. The molecule has 0 saturated heterocycles. The van der Waals surface area contributed by atoms with Crippen molar-refractivity contribution in [1.29, 1.82) is 0 Å². The second-order valence-electron chi connectivity index (χ2n) is 3.34. The van der Waals surface area contributed by atoms with Crippen molar-refractivity contribution >= 4 is 21.8 Å². The molecule has 1 aromatic rings. The second kappa shape index (κ2) is 5.88. The minimum absolute atomic E-state index is 0.0196. The zero-order valence-corrected chi connectivity index (χ0v) is 10.4. The van der Waals surface area contributed by atoms with E-state index in [0.29, 0.717) is 12.2 Å². The Labute approximate surface area is 97.9 Å². The third-order valence-electron chi connectivity index (χ3n) is 1.90. The summed E-state index contributed by atoms with van der Waals surface area (Å²) >= 11 is 3.32. The number of rotatable bonds is 4. The Morgan fingerprint density at radius 1 is 1.47 bits per heavy atom. The lowest BCUT2D eigenvalue weighted by atomic mass is 10.2. The Morgan fingerprint density at radius 3 is 2.60 bits per heavy atom. The lowest BCUT2D eigenvalue weighted by Gasteiger charge is -2.12. The smallest absolute Gasteiger partial charge is 0.251 e. The zero-order valence-electron chi connectivity index (χ0n) is 8.79. The topological polar surface area (TPSA) is 38.3 Å². The number of halogens is 1. The van der Waals surface area contributed by atoms with E-state index in [9.17, 15) is 4.79 Å². The molecule has 0 aliphatic heterocycles. The van der Waals surface area contributed by atoms with Crippen LogP contribution in [0.5, 0.6) is 0 Å². The Bertz CT molecular complexity index is 324. The fourth-order valence-electron chi connectivity index (χ4n) is 1.20. The number of methoxy groups -OCH3 is 1. The first kappa shape index (κ1) is 12.2. The molecule has 4 heteroatoms. The molecule has 82 valence electrons. The molecule has 15 heavy (non-hydrogen) atoms. The van der Waals surface area contributed by atoms with E-state index >= 15 is 0 Å². The van der Waals surface area contributed by atoms with E-state index in [1.54, 1.807) is 19.2 Å². The first-order valence-corrected chi connectivity index (χ1v) is 5.48. The largest absolute Gasteiger partial charge is 0.383 e. The van der Waals surface area contributed by atoms with Crippen LogP contribution in [0.2, 0.25) is 0 Å². The number of ether oxygens (including phenoxy) is 1. The molecule has 0 saturated carbocycles. The lowest BCUT2D eigenvalue weighted by molar-refractivity contribution is 0.0905. The average molecular weight is 272 g/mol. The van der Waals surface area contributed by atoms with Crippen molar-refractivity contribution in [1.82, 2.24) is 5.32 Å². The molecule has 1 atom stereocenters. The van der Waals surface area contributed by atoms with Crippen LogP contribution < -0.4 is 5.32 Å². The molecule has 0 heterocycles. The summed E-state index contributed by atoms with van der Waals surface area (Å²) in [6.07, 6.45) is 0. The number of hydrogen-bond acceptors (Lipinski definition) is 2. The zero-order chi connectivity index (χ0) is 11.3. The SMILES string of the molecule is COC[C@H](C)NC(=O)c1ccc(Br)cc1. The average Bonchev–Trinajstić information content (AvgIpc) is 2.18. The van der Waals surface area contributed by atoms with Crippen LogP contribution in [-0.2, 0) is 4.74 Å². The molecule has 0 aliphatic rings. The molecule has 0 radical (unpaired) electrons. The Balaban J connectivity index is 2.57. The minimum Gasteiger partial charge on any atom is -0.383 e. The van der Waals surface area contributed by atoms with Crippen molar-refractivity contribution in [3.05, 3.63) is 34.3 Å². The normalized spacial score (nSPS) is 12.2. The molecule has 3 nitrogen and oxygen atoms in total. The first-order valence-electron chi connectivity index (χ1n) is 4.69. The highest BCUT2D eigenvalue weighted by Crippen LogP contribution is 2.10. The number of carbonyl (C=O) groups is 1. The van der Waals surface area contributed by atoms with Gasteiger partial charge in [0.15, 0.2) is 0 Å². The summed E-state index contributed by atoms with van der Waals surface area (Å²) in [6.45, 7) is 2.42. The fourth-order valence-corrected chi connectivity index (χ4v) is 1.46. The summed E-state index contributed by atoms with van der Waals surface area (Å²) in [7, 11) is 1.61. The molecule has 0 bridgehead atoms. The van der Waals surface area contributed by atoms with E-state index in [0.717, 1.165) is 4.47 Å². The number of benzene rings is 1. The van der Waals surface area contributed by atoms with Gasteiger partial charge in [-0.15, -0.1) is 0 Å². The van der Waals surface area contributed by atoms with E-state index in [2.05, 4.69) is 21.2 Å². The molecule has 1 N–H and O–H groups in total. The number of hydrogen-bond donors (Lipinski definition) is 1. The first-order chi connectivity index (χ1) is 7.13. The van der Waals surface area contributed by atoms with Gasteiger partial charge in [-0.1, -0.05) is 15.9 Å². The van der Waals surface area contributed by atoms with Gasteiger partial charge in [0.1, 0.15) is 0 Å². The van der Waals surface area contributed by atoms with Crippen LogP contribution >= 0.6 is 15.9 Å². The highest BCUT2D eigenvalue weighted by atomic mass is 79.9. The van der Waals surface area contributed by atoms with Gasteiger partial charge < -0.3 is 10.1 Å². The van der Waals surface area contributed by atoms with Crippen LogP contribution in [0.1, 0.15) is 17.3 Å². The molecule has 0 aromatic heterocycles. The number of nitrogens with one attached hydrogen (secondary N) is 1. The van der Waals surface area contributed by atoms with E-state index in [4.69, 9.17) is 4.74 Å². The van der Waals surface area contributed by atoms with Crippen molar-refractivity contribution in [2.24, 2.45) is 0 Å².